The molecule has 5 nitrogen and oxygen atoms in total. The third-order valence-corrected chi connectivity index (χ3v) is 4.10. The third kappa shape index (κ3) is 6.38. The summed E-state index contributed by atoms with van der Waals surface area (Å²) in [7, 11) is 0. The second-order valence-electron chi connectivity index (χ2n) is 5.32. The Labute approximate surface area is 130 Å². The summed E-state index contributed by atoms with van der Waals surface area (Å²) in [5.41, 5.74) is -0.571. The van der Waals surface area contributed by atoms with Gasteiger partial charge in [-0.1, -0.05) is 0 Å². The number of amides is 1. The topological polar surface area (TPSA) is 75.6 Å². The quantitative estimate of drug-likeness (QED) is 0.837. The summed E-state index contributed by atoms with van der Waals surface area (Å²) in [5, 5.41) is 11.6. The minimum absolute atomic E-state index is 0.0389. The Bertz CT molecular complexity index is 481. The molecule has 0 aliphatic rings. The normalized spacial score (nSPS) is 12.8. The molecule has 1 rings (SSSR count). The molecule has 1 amide bonds. The minimum Gasteiger partial charge on any atom is -0.481 e. The lowest BCUT2D eigenvalue weighted by Gasteiger charge is -2.21. The van der Waals surface area contributed by atoms with Gasteiger partial charge in [0.05, 0.1) is 10.2 Å². The van der Waals surface area contributed by atoms with Crippen molar-refractivity contribution in [3.63, 3.8) is 0 Å². The molecule has 0 aromatic carbocycles. The average molecular weight is 364 g/mol. The van der Waals surface area contributed by atoms with Crippen LogP contribution in [0.2, 0.25) is 0 Å². The van der Waals surface area contributed by atoms with Gasteiger partial charge in [0.1, 0.15) is 5.60 Å². The lowest BCUT2D eigenvalue weighted by Crippen LogP contribution is -2.35. The zero-order chi connectivity index (χ0) is 15.3. The molecule has 0 fully saturated rings. The highest BCUT2D eigenvalue weighted by Gasteiger charge is 2.21. The fourth-order valence-corrected chi connectivity index (χ4v) is 3.08. The molecule has 0 radical (unpaired) electrons. The summed E-state index contributed by atoms with van der Waals surface area (Å²) in [6.45, 7) is 5.56. The van der Waals surface area contributed by atoms with Crippen molar-refractivity contribution in [1.29, 1.82) is 0 Å². The van der Waals surface area contributed by atoms with Gasteiger partial charge in [-0.2, -0.15) is 0 Å². The van der Waals surface area contributed by atoms with Gasteiger partial charge < -0.3 is 15.2 Å². The maximum atomic E-state index is 11.6. The third-order valence-electron chi connectivity index (χ3n) is 2.31. The Morgan fingerprint density at radius 1 is 1.45 bits per heavy atom. The maximum absolute atomic E-state index is 11.6. The van der Waals surface area contributed by atoms with E-state index in [1.807, 2.05) is 12.1 Å². The summed E-state index contributed by atoms with van der Waals surface area (Å²) < 4.78 is 6.06. The highest BCUT2D eigenvalue weighted by molar-refractivity contribution is 9.11. The van der Waals surface area contributed by atoms with Crippen molar-refractivity contribution in [2.24, 2.45) is 0 Å². The van der Waals surface area contributed by atoms with Crippen molar-refractivity contribution < 1.29 is 19.4 Å². The molecule has 1 atom stereocenters. The van der Waals surface area contributed by atoms with Crippen molar-refractivity contribution in [1.82, 2.24) is 5.32 Å². The molecule has 0 saturated carbocycles. The Balaban J connectivity index is 2.62. The Hall–Kier alpha value is -1.08. The van der Waals surface area contributed by atoms with Gasteiger partial charge in [0.25, 0.3) is 0 Å². The van der Waals surface area contributed by atoms with E-state index in [2.05, 4.69) is 21.2 Å². The van der Waals surface area contributed by atoms with Crippen molar-refractivity contribution in [2.45, 2.75) is 38.7 Å². The lowest BCUT2D eigenvalue weighted by atomic mass is 10.0. The molecule has 0 spiro atoms. The summed E-state index contributed by atoms with van der Waals surface area (Å²) in [6.07, 6.45) is -0.577. The number of alkyl carbamates (subject to hydrolysis) is 1. The van der Waals surface area contributed by atoms with Gasteiger partial charge in [-0.3, -0.25) is 4.79 Å². The molecule has 0 aliphatic carbocycles. The first-order chi connectivity index (χ1) is 9.17. The molecule has 1 aromatic heterocycles. The van der Waals surface area contributed by atoms with Gasteiger partial charge in [0.2, 0.25) is 0 Å². The van der Waals surface area contributed by atoms with E-state index < -0.39 is 17.7 Å². The summed E-state index contributed by atoms with van der Waals surface area (Å²) in [4.78, 5) is 23.4. The largest absolute Gasteiger partial charge is 0.481 e. The van der Waals surface area contributed by atoms with Crippen molar-refractivity contribution in [3.8, 4) is 0 Å². The second-order valence-corrected chi connectivity index (χ2v) is 7.81. The maximum Gasteiger partial charge on any atom is 0.407 e. The predicted octanol–water partition coefficient (Wildman–Crippen LogP) is 3.59. The van der Waals surface area contributed by atoms with E-state index in [4.69, 9.17) is 9.84 Å². The van der Waals surface area contributed by atoms with Crippen LogP contribution in [-0.4, -0.2) is 29.3 Å². The number of carboxylic acid groups (broad SMARTS) is 1. The molecule has 7 heteroatoms. The number of ether oxygens (including phenoxy) is 1. The second kappa shape index (κ2) is 7.08. The zero-order valence-electron chi connectivity index (χ0n) is 11.6. The van der Waals surface area contributed by atoms with E-state index in [0.717, 1.165) is 8.66 Å². The van der Waals surface area contributed by atoms with Gasteiger partial charge in [-0.15, -0.1) is 11.3 Å². The first-order valence-electron chi connectivity index (χ1n) is 6.11. The fraction of sp³-hybridized carbons (Fsp3) is 0.538. The number of thiophene rings is 1. The van der Waals surface area contributed by atoms with Crippen molar-refractivity contribution in [2.75, 3.05) is 6.54 Å². The van der Waals surface area contributed by atoms with Crippen LogP contribution < -0.4 is 5.32 Å². The molecule has 1 unspecified atom stereocenters. The first kappa shape index (κ1) is 17.0. The number of nitrogens with one attached hydrogen (secondary N) is 1. The Morgan fingerprint density at radius 2 is 2.10 bits per heavy atom. The molecule has 0 aliphatic heterocycles. The van der Waals surface area contributed by atoms with Gasteiger partial charge in [-0.25, -0.2) is 4.79 Å². The highest BCUT2D eigenvalue weighted by atomic mass is 79.9. The number of carbonyl (C=O) groups is 2. The number of hydrogen-bond donors (Lipinski definition) is 2. The van der Waals surface area contributed by atoms with Crippen molar-refractivity contribution >= 4 is 39.3 Å². The summed E-state index contributed by atoms with van der Waals surface area (Å²) >= 11 is 4.81. The monoisotopic (exact) mass is 363 g/mol. The van der Waals surface area contributed by atoms with Crippen LogP contribution in [0.1, 0.15) is 38.0 Å². The Kier molecular flexibility index (Phi) is 6.01. The fourth-order valence-electron chi connectivity index (χ4n) is 1.55. The zero-order valence-corrected chi connectivity index (χ0v) is 14.0. The molecule has 112 valence electrons. The molecule has 0 bridgehead atoms. The first-order valence-corrected chi connectivity index (χ1v) is 7.72. The SMILES string of the molecule is CC(C)(C)OC(=O)NCC(CC(=O)O)c1ccc(Br)s1. The van der Waals surface area contributed by atoms with Crippen LogP contribution in [0.5, 0.6) is 0 Å². The van der Waals surface area contributed by atoms with Crippen LogP contribution in [0.3, 0.4) is 0 Å². The summed E-state index contributed by atoms with van der Waals surface area (Å²) in [6, 6.07) is 3.72. The molecular weight excluding hydrogens is 346 g/mol. The van der Waals surface area contributed by atoms with Crippen LogP contribution in [-0.2, 0) is 9.53 Å². The van der Waals surface area contributed by atoms with Crippen LogP contribution in [0.25, 0.3) is 0 Å². The minimum atomic E-state index is -0.898. The standard InChI is InChI=1S/C13H18BrNO4S/c1-13(2,3)19-12(18)15-7-8(6-11(16)17)9-4-5-10(14)20-9/h4-5,8H,6-7H2,1-3H3,(H,15,18)(H,16,17). The molecule has 0 saturated heterocycles. The van der Waals surface area contributed by atoms with Crippen LogP contribution in [0.15, 0.2) is 15.9 Å². The molecule has 1 aromatic rings. The van der Waals surface area contributed by atoms with Crippen LogP contribution in [0.4, 0.5) is 4.79 Å². The molecule has 2 N–H and O–H groups in total. The van der Waals surface area contributed by atoms with E-state index in [1.165, 1.54) is 11.3 Å². The van der Waals surface area contributed by atoms with E-state index in [0.29, 0.717) is 0 Å². The van der Waals surface area contributed by atoms with Gasteiger partial charge in [0.15, 0.2) is 0 Å². The van der Waals surface area contributed by atoms with Gasteiger partial charge in [0, 0.05) is 17.3 Å². The number of carbonyl (C=O) groups excluding carboxylic acids is 1. The van der Waals surface area contributed by atoms with Crippen LogP contribution in [0, 0.1) is 0 Å². The van der Waals surface area contributed by atoms with Crippen molar-refractivity contribution in [3.05, 3.63) is 20.8 Å². The van der Waals surface area contributed by atoms with E-state index in [-0.39, 0.29) is 18.9 Å². The average Bonchev–Trinajstić information content (AvgIpc) is 2.68. The number of hydrogen-bond acceptors (Lipinski definition) is 4. The lowest BCUT2D eigenvalue weighted by molar-refractivity contribution is -0.137. The van der Waals surface area contributed by atoms with Gasteiger partial charge in [-0.05, 0) is 48.8 Å². The smallest absolute Gasteiger partial charge is 0.407 e. The van der Waals surface area contributed by atoms with Crippen LogP contribution >= 0.6 is 27.3 Å². The van der Waals surface area contributed by atoms with Gasteiger partial charge >= 0.3 is 12.1 Å². The molecular formula is C13H18BrNO4S. The highest BCUT2D eigenvalue weighted by Crippen LogP contribution is 2.30. The van der Waals surface area contributed by atoms with E-state index in [1.54, 1.807) is 20.8 Å². The van der Waals surface area contributed by atoms with E-state index >= 15 is 0 Å². The Morgan fingerprint density at radius 3 is 2.55 bits per heavy atom. The summed E-state index contributed by atoms with van der Waals surface area (Å²) in [5.74, 6) is -1.16. The molecule has 20 heavy (non-hydrogen) atoms. The van der Waals surface area contributed by atoms with E-state index in [9.17, 15) is 9.59 Å². The molecule has 1 heterocycles. The number of rotatable bonds is 5. The number of carboxylic acids is 1. The number of halogens is 1. The number of aliphatic carboxylic acids is 1. The predicted molar refractivity (Wildman–Crippen MR) is 81.2 cm³/mol.